The monoisotopic (exact) mass is 262 g/mol. The number of nitrogens with zero attached hydrogens (tertiary/aromatic N) is 1. The van der Waals surface area contributed by atoms with Gasteiger partial charge in [-0.05, 0) is 42.9 Å². The molecule has 2 rings (SSSR count). The lowest BCUT2D eigenvalue weighted by Crippen LogP contribution is -2.36. The Labute approximate surface area is 114 Å². The summed E-state index contributed by atoms with van der Waals surface area (Å²) in [6, 6.07) is 6.23. The fourth-order valence-corrected chi connectivity index (χ4v) is 2.44. The highest BCUT2D eigenvalue weighted by molar-refractivity contribution is 5.75. The Bertz CT molecular complexity index is 444. The lowest BCUT2D eigenvalue weighted by Gasteiger charge is -2.19. The molecule has 0 fully saturated rings. The third kappa shape index (κ3) is 3.96. The van der Waals surface area contributed by atoms with Crippen LogP contribution in [0.5, 0.6) is 5.75 Å². The zero-order valence-corrected chi connectivity index (χ0v) is 11.7. The molecular formula is C15H22N2O2. The van der Waals surface area contributed by atoms with Gasteiger partial charge < -0.3 is 4.74 Å². The number of benzene rings is 1. The highest BCUT2D eigenvalue weighted by atomic mass is 16.5. The first kappa shape index (κ1) is 13.9. The number of ether oxygens (including phenoxy) is 1. The van der Waals surface area contributed by atoms with Gasteiger partial charge in [0.1, 0.15) is 5.75 Å². The normalized spacial score (nSPS) is 14.1. The van der Waals surface area contributed by atoms with Crippen molar-refractivity contribution in [1.29, 1.82) is 0 Å². The van der Waals surface area contributed by atoms with Crippen LogP contribution in [0.15, 0.2) is 18.2 Å². The topological polar surface area (TPSA) is 41.6 Å². The molecule has 0 aromatic heterocycles. The van der Waals surface area contributed by atoms with Crippen molar-refractivity contribution in [3.63, 3.8) is 0 Å². The van der Waals surface area contributed by atoms with Gasteiger partial charge >= 0.3 is 0 Å². The van der Waals surface area contributed by atoms with Crippen molar-refractivity contribution in [2.45, 2.75) is 32.1 Å². The van der Waals surface area contributed by atoms with Crippen LogP contribution in [0.25, 0.3) is 0 Å². The first-order valence-electron chi connectivity index (χ1n) is 6.87. The summed E-state index contributed by atoms with van der Waals surface area (Å²) in [5.74, 6) is 0.935. The van der Waals surface area contributed by atoms with Crippen LogP contribution in [0, 0.1) is 0 Å². The smallest absolute Gasteiger partial charge is 0.237 e. The number of carbonyl (C=O) groups is 1. The van der Waals surface area contributed by atoms with Gasteiger partial charge in [0.15, 0.2) is 0 Å². The SMILES string of the molecule is CN(C)NC(=O)CCOc1cccc2c1CCCC2. The van der Waals surface area contributed by atoms with Crippen molar-refractivity contribution < 1.29 is 9.53 Å². The highest BCUT2D eigenvalue weighted by Gasteiger charge is 2.13. The summed E-state index contributed by atoms with van der Waals surface area (Å²) in [7, 11) is 3.60. The summed E-state index contributed by atoms with van der Waals surface area (Å²) in [4.78, 5) is 11.5. The maximum Gasteiger partial charge on any atom is 0.237 e. The number of hydrogen-bond acceptors (Lipinski definition) is 3. The van der Waals surface area contributed by atoms with Gasteiger partial charge in [0.05, 0.1) is 13.0 Å². The second kappa shape index (κ2) is 6.57. The van der Waals surface area contributed by atoms with Crippen molar-refractivity contribution in [3.8, 4) is 5.75 Å². The van der Waals surface area contributed by atoms with Crippen molar-refractivity contribution in [3.05, 3.63) is 29.3 Å². The van der Waals surface area contributed by atoms with Gasteiger partial charge in [-0.3, -0.25) is 10.2 Å². The Kier molecular flexibility index (Phi) is 4.80. The zero-order chi connectivity index (χ0) is 13.7. The van der Waals surface area contributed by atoms with E-state index in [0.29, 0.717) is 13.0 Å². The predicted molar refractivity (Wildman–Crippen MR) is 75.0 cm³/mol. The van der Waals surface area contributed by atoms with Crippen molar-refractivity contribution in [2.75, 3.05) is 20.7 Å². The maximum atomic E-state index is 11.5. The zero-order valence-electron chi connectivity index (χ0n) is 11.7. The molecule has 0 unspecified atom stereocenters. The number of fused-ring (bicyclic) bond motifs is 1. The molecule has 0 heterocycles. The van der Waals surface area contributed by atoms with Crippen LogP contribution in [0.4, 0.5) is 0 Å². The number of hydrazine groups is 1. The van der Waals surface area contributed by atoms with E-state index in [1.165, 1.54) is 24.0 Å². The molecule has 0 saturated carbocycles. The third-order valence-corrected chi connectivity index (χ3v) is 3.29. The Morgan fingerprint density at radius 1 is 1.32 bits per heavy atom. The van der Waals surface area contributed by atoms with E-state index >= 15 is 0 Å². The summed E-state index contributed by atoms with van der Waals surface area (Å²) < 4.78 is 5.78. The molecule has 1 aromatic rings. The van der Waals surface area contributed by atoms with Gasteiger partial charge in [-0.1, -0.05) is 12.1 Å². The molecule has 0 atom stereocenters. The van der Waals surface area contributed by atoms with Crippen molar-refractivity contribution in [1.82, 2.24) is 10.4 Å². The Hall–Kier alpha value is -1.55. The molecule has 0 bridgehead atoms. The van der Waals surface area contributed by atoms with Gasteiger partial charge in [-0.25, -0.2) is 5.01 Å². The van der Waals surface area contributed by atoms with E-state index in [4.69, 9.17) is 4.74 Å². The van der Waals surface area contributed by atoms with E-state index in [1.54, 1.807) is 19.1 Å². The largest absolute Gasteiger partial charge is 0.493 e. The first-order chi connectivity index (χ1) is 9.16. The lowest BCUT2D eigenvalue weighted by atomic mass is 9.91. The molecule has 0 spiro atoms. The molecule has 1 aliphatic rings. The lowest BCUT2D eigenvalue weighted by molar-refractivity contribution is -0.125. The van der Waals surface area contributed by atoms with Crippen LogP contribution in [0.1, 0.15) is 30.4 Å². The average Bonchev–Trinajstić information content (AvgIpc) is 2.38. The molecule has 19 heavy (non-hydrogen) atoms. The maximum absolute atomic E-state index is 11.5. The van der Waals surface area contributed by atoms with E-state index < -0.39 is 0 Å². The number of rotatable bonds is 5. The summed E-state index contributed by atoms with van der Waals surface area (Å²) in [5, 5.41) is 1.65. The summed E-state index contributed by atoms with van der Waals surface area (Å²) in [6.07, 6.45) is 5.11. The van der Waals surface area contributed by atoms with Gasteiger partial charge in [-0.2, -0.15) is 0 Å². The number of carbonyl (C=O) groups excluding carboxylic acids is 1. The molecule has 104 valence electrons. The van der Waals surface area contributed by atoms with Crippen LogP contribution < -0.4 is 10.2 Å². The van der Waals surface area contributed by atoms with E-state index in [0.717, 1.165) is 18.6 Å². The Morgan fingerprint density at radius 2 is 2.11 bits per heavy atom. The number of hydrogen-bond donors (Lipinski definition) is 1. The van der Waals surface area contributed by atoms with E-state index in [1.807, 2.05) is 12.1 Å². The van der Waals surface area contributed by atoms with E-state index in [2.05, 4.69) is 11.5 Å². The standard InChI is InChI=1S/C15H22N2O2/c1-17(2)16-15(18)10-11-19-14-9-5-7-12-6-3-4-8-13(12)14/h5,7,9H,3-4,6,8,10-11H2,1-2H3,(H,16,18). The van der Waals surface area contributed by atoms with Gasteiger partial charge in [0.2, 0.25) is 5.91 Å². The summed E-state index contributed by atoms with van der Waals surface area (Å²) in [6.45, 7) is 0.427. The molecule has 1 amide bonds. The predicted octanol–water partition coefficient (Wildman–Crippen LogP) is 1.93. The molecule has 4 heteroatoms. The molecule has 0 aliphatic heterocycles. The van der Waals surface area contributed by atoms with Crippen molar-refractivity contribution >= 4 is 5.91 Å². The fourth-order valence-electron chi connectivity index (χ4n) is 2.44. The Balaban J connectivity index is 1.88. The molecule has 0 radical (unpaired) electrons. The van der Waals surface area contributed by atoms with Gasteiger partial charge in [-0.15, -0.1) is 0 Å². The number of nitrogens with one attached hydrogen (secondary N) is 1. The molecule has 1 N–H and O–H groups in total. The third-order valence-electron chi connectivity index (χ3n) is 3.29. The number of amides is 1. The average molecular weight is 262 g/mol. The minimum absolute atomic E-state index is 0.0187. The summed E-state index contributed by atoms with van der Waals surface area (Å²) >= 11 is 0. The summed E-state index contributed by atoms with van der Waals surface area (Å²) in [5.41, 5.74) is 5.44. The van der Waals surface area contributed by atoms with Crippen LogP contribution >= 0.6 is 0 Å². The number of aryl methyl sites for hydroxylation is 1. The minimum atomic E-state index is -0.0187. The molecule has 4 nitrogen and oxygen atoms in total. The second-order valence-electron chi connectivity index (χ2n) is 5.13. The molecular weight excluding hydrogens is 240 g/mol. The fraction of sp³-hybridized carbons (Fsp3) is 0.533. The quantitative estimate of drug-likeness (QED) is 0.824. The highest BCUT2D eigenvalue weighted by Crippen LogP contribution is 2.29. The second-order valence-corrected chi connectivity index (χ2v) is 5.13. The first-order valence-corrected chi connectivity index (χ1v) is 6.87. The van der Waals surface area contributed by atoms with Crippen molar-refractivity contribution in [2.24, 2.45) is 0 Å². The van der Waals surface area contributed by atoms with Gasteiger partial charge in [0.25, 0.3) is 0 Å². The van der Waals surface area contributed by atoms with Crippen LogP contribution in [0.3, 0.4) is 0 Å². The van der Waals surface area contributed by atoms with Crippen LogP contribution in [-0.4, -0.2) is 31.6 Å². The van der Waals surface area contributed by atoms with Gasteiger partial charge in [0, 0.05) is 14.1 Å². The van der Waals surface area contributed by atoms with Crippen LogP contribution in [0.2, 0.25) is 0 Å². The molecule has 0 saturated heterocycles. The minimum Gasteiger partial charge on any atom is -0.493 e. The van der Waals surface area contributed by atoms with E-state index in [-0.39, 0.29) is 5.91 Å². The molecule has 1 aliphatic carbocycles. The Morgan fingerprint density at radius 3 is 2.89 bits per heavy atom. The van der Waals surface area contributed by atoms with Crippen LogP contribution in [-0.2, 0) is 17.6 Å². The van der Waals surface area contributed by atoms with E-state index in [9.17, 15) is 4.79 Å². The molecule has 1 aromatic carbocycles.